The van der Waals surface area contributed by atoms with E-state index in [1.807, 2.05) is 25.4 Å². The van der Waals surface area contributed by atoms with Crippen LogP contribution in [0.1, 0.15) is 42.7 Å². The highest BCUT2D eigenvalue weighted by Gasteiger charge is 2.22. The second kappa shape index (κ2) is 9.92. The van der Waals surface area contributed by atoms with Gasteiger partial charge in [0, 0.05) is 79.2 Å². The number of hydrogen-bond donors (Lipinski definition) is 0. The van der Waals surface area contributed by atoms with Crippen LogP contribution in [-0.4, -0.2) is 60.7 Å². The van der Waals surface area contributed by atoms with Gasteiger partial charge in [-0.3, -0.25) is 19.4 Å². The van der Waals surface area contributed by atoms with Crippen LogP contribution in [0, 0.1) is 0 Å². The number of ether oxygens (including phenoxy) is 1. The van der Waals surface area contributed by atoms with Crippen molar-refractivity contribution in [2.24, 2.45) is 7.05 Å². The lowest BCUT2D eigenvalue weighted by Gasteiger charge is -2.34. The summed E-state index contributed by atoms with van der Waals surface area (Å²) in [5.41, 5.74) is 3.08. The number of hydrogen-bond acceptors (Lipinski definition) is 7. The van der Waals surface area contributed by atoms with Crippen molar-refractivity contribution in [3.63, 3.8) is 0 Å². The second-order valence-electron chi connectivity index (χ2n) is 9.42. The number of ketones is 1. The molecule has 1 fully saturated rings. The van der Waals surface area contributed by atoms with Crippen LogP contribution >= 0.6 is 0 Å². The summed E-state index contributed by atoms with van der Waals surface area (Å²) < 4.78 is 7.87. The molecule has 0 atom stereocenters. The Bertz CT molecular complexity index is 1340. The molecule has 35 heavy (non-hydrogen) atoms. The maximum Gasteiger partial charge on any atom is 0.214 e. The third-order valence-corrected chi connectivity index (χ3v) is 6.55. The van der Waals surface area contributed by atoms with Crippen molar-refractivity contribution >= 4 is 16.6 Å². The van der Waals surface area contributed by atoms with Gasteiger partial charge in [0.05, 0.1) is 18.3 Å². The summed E-state index contributed by atoms with van der Waals surface area (Å²) in [6.07, 6.45) is 11.2. The third kappa shape index (κ3) is 5.38. The highest BCUT2D eigenvalue weighted by Crippen LogP contribution is 2.23. The molecule has 5 heterocycles. The van der Waals surface area contributed by atoms with Gasteiger partial charge in [-0.05, 0) is 50.3 Å². The zero-order chi connectivity index (χ0) is 24.4. The first-order chi connectivity index (χ1) is 16.9. The molecular weight excluding hydrogens is 440 g/mol. The maximum atomic E-state index is 13.1. The minimum atomic E-state index is -0.0136. The van der Waals surface area contributed by atoms with E-state index in [1.165, 1.54) is 0 Å². The van der Waals surface area contributed by atoms with Gasteiger partial charge in [0.1, 0.15) is 6.10 Å². The van der Waals surface area contributed by atoms with Crippen LogP contribution in [0.2, 0.25) is 0 Å². The van der Waals surface area contributed by atoms with E-state index in [-0.39, 0.29) is 18.3 Å². The Morgan fingerprint density at radius 3 is 2.60 bits per heavy atom. The standard InChI is InChI=1S/C27H30N6O2/c1-18(2)33-8-5-24(6-9-33)35-27-12-19(4-7-28-27)26(34)13-23-10-20-11-25(22-16-31-32(3)17-22)30-15-21(20)14-29-23/h4,7,10-12,14-18,24H,5-6,8-9,13H2,1-3H3. The van der Waals surface area contributed by atoms with Gasteiger partial charge in [0.2, 0.25) is 5.88 Å². The van der Waals surface area contributed by atoms with Gasteiger partial charge >= 0.3 is 0 Å². The van der Waals surface area contributed by atoms with Gasteiger partial charge in [0.15, 0.2) is 5.78 Å². The number of carbonyl (C=O) groups is 1. The zero-order valence-electron chi connectivity index (χ0n) is 20.4. The van der Waals surface area contributed by atoms with Crippen LogP contribution < -0.4 is 4.74 Å². The van der Waals surface area contributed by atoms with Gasteiger partial charge in [-0.1, -0.05) is 0 Å². The Morgan fingerprint density at radius 2 is 1.86 bits per heavy atom. The van der Waals surface area contributed by atoms with Gasteiger partial charge in [0.25, 0.3) is 0 Å². The monoisotopic (exact) mass is 470 g/mol. The summed E-state index contributed by atoms with van der Waals surface area (Å²) in [7, 11) is 1.88. The Balaban J connectivity index is 1.27. The molecule has 5 rings (SSSR count). The van der Waals surface area contributed by atoms with Crippen molar-refractivity contribution in [2.45, 2.75) is 45.3 Å². The summed E-state index contributed by atoms with van der Waals surface area (Å²) >= 11 is 0. The Hall–Kier alpha value is -3.65. The number of pyridine rings is 3. The lowest BCUT2D eigenvalue weighted by Crippen LogP contribution is -2.41. The smallest absolute Gasteiger partial charge is 0.214 e. The Kier molecular flexibility index (Phi) is 6.55. The molecule has 0 N–H and O–H groups in total. The highest BCUT2D eigenvalue weighted by atomic mass is 16.5. The average Bonchev–Trinajstić information content (AvgIpc) is 3.30. The molecule has 0 spiro atoms. The van der Waals surface area contributed by atoms with E-state index in [0.717, 1.165) is 48.0 Å². The second-order valence-corrected chi connectivity index (χ2v) is 9.42. The first-order valence-corrected chi connectivity index (χ1v) is 12.1. The summed E-state index contributed by atoms with van der Waals surface area (Å²) in [4.78, 5) is 28.9. The zero-order valence-corrected chi connectivity index (χ0v) is 20.4. The van der Waals surface area contributed by atoms with Crippen LogP contribution in [0.15, 0.2) is 55.2 Å². The lowest BCUT2D eigenvalue weighted by molar-refractivity contribution is 0.0809. The number of rotatable bonds is 7. The van der Waals surface area contributed by atoms with E-state index in [4.69, 9.17) is 4.74 Å². The quantitative estimate of drug-likeness (QED) is 0.376. The fraction of sp³-hybridized carbons (Fsp3) is 0.370. The molecule has 8 nitrogen and oxygen atoms in total. The molecule has 180 valence electrons. The molecule has 0 unspecified atom stereocenters. The van der Waals surface area contributed by atoms with Gasteiger partial charge in [-0.2, -0.15) is 5.10 Å². The van der Waals surface area contributed by atoms with Crippen LogP contribution in [0.5, 0.6) is 5.88 Å². The van der Waals surface area contributed by atoms with Crippen molar-refractivity contribution in [3.8, 4) is 17.1 Å². The maximum absolute atomic E-state index is 13.1. The number of Topliss-reactive ketones (excluding diaryl/α,β-unsaturated/α-hetero) is 1. The molecule has 1 saturated heterocycles. The molecule has 1 aliphatic rings. The van der Waals surface area contributed by atoms with Crippen LogP contribution in [0.4, 0.5) is 0 Å². The number of nitrogens with zero attached hydrogens (tertiary/aromatic N) is 6. The minimum Gasteiger partial charge on any atom is -0.474 e. The first-order valence-electron chi connectivity index (χ1n) is 12.1. The van der Waals surface area contributed by atoms with Crippen molar-refractivity contribution in [1.29, 1.82) is 0 Å². The first kappa shape index (κ1) is 23.1. The molecule has 0 aliphatic carbocycles. The van der Waals surface area contributed by atoms with E-state index in [1.54, 1.807) is 41.6 Å². The molecule has 8 heteroatoms. The number of carbonyl (C=O) groups excluding carboxylic acids is 1. The predicted molar refractivity (Wildman–Crippen MR) is 134 cm³/mol. The normalized spacial score (nSPS) is 15.1. The topological polar surface area (TPSA) is 86.0 Å². The molecule has 0 radical (unpaired) electrons. The predicted octanol–water partition coefficient (Wildman–Crippen LogP) is 4.10. The molecule has 0 saturated carbocycles. The number of aromatic nitrogens is 5. The van der Waals surface area contributed by atoms with Gasteiger partial charge in [-0.15, -0.1) is 0 Å². The largest absolute Gasteiger partial charge is 0.474 e. The summed E-state index contributed by atoms with van der Waals surface area (Å²) in [5.74, 6) is 0.498. The van der Waals surface area contributed by atoms with E-state index in [2.05, 4.69) is 38.8 Å². The summed E-state index contributed by atoms with van der Waals surface area (Å²) in [6.45, 7) is 6.48. The SMILES string of the molecule is CC(C)N1CCC(Oc2cc(C(=O)Cc3cc4cc(-c5cnn(C)c5)ncc4cn3)ccn2)CC1. The molecule has 4 aromatic rings. The van der Waals surface area contributed by atoms with Crippen LogP contribution in [0.3, 0.4) is 0 Å². The highest BCUT2D eigenvalue weighted by molar-refractivity contribution is 5.98. The fourth-order valence-electron chi connectivity index (χ4n) is 4.49. The number of aryl methyl sites for hydroxylation is 1. The van der Waals surface area contributed by atoms with E-state index in [0.29, 0.717) is 23.2 Å². The molecule has 0 aromatic carbocycles. The summed E-state index contributed by atoms with van der Waals surface area (Å²) in [6, 6.07) is 8.00. The minimum absolute atomic E-state index is 0.0136. The number of likely N-dealkylation sites (tertiary alicyclic amines) is 1. The molecule has 0 bridgehead atoms. The average molecular weight is 471 g/mol. The van der Waals surface area contributed by atoms with Crippen molar-refractivity contribution in [3.05, 3.63) is 66.5 Å². The molecular formula is C27H30N6O2. The van der Waals surface area contributed by atoms with Crippen LogP contribution in [0.25, 0.3) is 22.0 Å². The van der Waals surface area contributed by atoms with Gasteiger partial charge in [-0.25, -0.2) is 4.98 Å². The third-order valence-electron chi connectivity index (χ3n) is 6.55. The van der Waals surface area contributed by atoms with Gasteiger partial charge < -0.3 is 9.64 Å². The molecule has 4 aromatic heterocycles. The van der Waals surface area contributed by atoms with Crippen molar-refractivity contribution in [1.82, 2.24) is 29.6 Å². The van der Waals surface area contributed by atoms with E-state index < -0.39 is 0 Å². The Labute approximate surface area is 205 Å². The number of fused-ring (bicyclic) bond motifs is 1. The van der Waals surface area contributed by atoms with Crippen molar-refractivity contribution in [2.75, 3.05) is 13.1 Å². The lowest BCUT2D eigenvalue weighted by atomic mass is 10.0. The molecule has 1 aliphatic heterocycles. The fourth-order valence-corrected chi connectivity index (χ4v) is 4.49. The Morgan fingerprint density at radius 1 is 1.06 bits per heavy atom. The number of piperidine rings is 1. The van der Waals surface area contributed by atoms with E-state index >= 15 is 0 Å². The summed E-state index contributed by atoms with van der Waals surface area (Å²) in [5, 5.41) is 6.14. The molecule has 0 amide bonds. The van der Waals surface area contributed by atoms with E-state index in [9.17, 15) is 4.79 Å². The van der Waals surface area contributed by atoms with Crippen molar-refractivity contribution < 1.29 is 9.53 Å². The van der Waals surface area contributed by atoms with Crippen LogP contribution in [-0.2, 0) is 13.5 Å².